The van der Waals surface area contributed by atoms with Crippen molar-refractivity contribution in [2.24, 2.45) is 0 Å². The highest BCUT2D eigenvalue weighted by atomic mass is 32.2. The molecular formula is C26H25NO7S. The van der Waals surface area contributed by atoms with Crippen molar-refractivity contribution in [3.8, 4) is 11.1 Å². The summed E-state index contributed by atoms with van der Waals surface area (Å²) < 4.78 is 34.1. The molecule has 0 spiro atoms. The lowest BCUT2D eigenvalue weighted by Crippen LogP contribution is -2.43. The maximum atomic E-state index is 12.7. The Balaban J connectivity index is 1.69. The van der Waals surface area contributed by atoms with Gasteiger partial charge in [-0.2, -0.15) is 0 Å². The summed E-state index contributed by atoms with van der Waals surface area (Å²) in [6, 6.07) is 20.6. The van der Waals surface area contributed by atoms with Crippen LogP contribution < -0.4 is 5.32 Å². The molecule has 1 N–H and O–H groups in total. The van der Waals surface area contributed by atoms with E-state index in [1.807, 2.05) is 18.2 Å². The number of ether oxygens (including phenoxy) is 2. The number of esters is 2. The van der Waals surface area contributed by atoms with Crippen molar-refractivity contribution in [3.63, 3.8) is 0 Å². The molecule has 0 aliphatic carbocycles. The van der Waals surface area contributed by atoms with Gasteiger partial charge in [0.05, 0.1) is 18.4 Å². The van der Waals surface area contributed by atoms with E-state index < -0.39 is 40.1 Å². The van der Waals surface area contributed by atoms with Gasteiger partial charge < -0.3 is 14.8 Å². The molecule has 9 heteroatoms. The third kappa shape index (κ3) is 7.00. The Bertz CT molecular complexity index is 1300. The minimum absolute atomic E-state index is 0.0396. The largest absolute Gasteiger partial charge is 0.467 e. The summed E-state index contributed by atoms with van der Waals surface area (Å²) in [6.07, 6.45) is 0.733. The quantitative estimate of drug-likeness (QED) is 0.453. The van der Waals surface area contributed by atoms with Crippen LogP contribution in [0, 0.1) is 0 Å². The number of benzene rings is 3. The summed E-state index contributed by atoms with van der Waals surface area (Å²) in [5.74, 6) is -2.05. The second-order valence-electron chi connectivity index (χ2n) is 7.75. The van der Waals surface area contributed by atoms with Crippen molar-refractivity contribution in [3.05, 3.63) is 90.0 Å². The first kappa shape index (κ1) is 25.6. The summed E-state index contributed by atoms with van der Waals surface area (Å²) in [7, 11) is -2.29. The topological polar surface area (TPSA) is 116 Å². The highest BCUT2D eigenvalue weighted by Crippen LogP contribution is 2.27. The lowest BCUT2D eigenvalue weighted by atomic mass is 10.0. The van der Waals surface area contributed by atoms with Gasteiger partial charge in [0, 0.05) is 17.4 Å². The lowest BCUT2D eigenvalue weighted by molar-refractivity contribution is -0.151. The van der Waals surface area contributed by atoms with E-state index >= 15 is 0 Å². The summed E-state index contributed by atoms with van der Waals surface area (Å²) in [4.78, 5) is 37.3. The lowest BCUT2D eigenvalue weighted by Gasteiger charge is -2.16. The van der Waals surface area contributed by atoms with E-state index in [-0.39, 0.29) is 17.1 Å². The number of nitrogens with one attached hydrogen (secondary N) is 1. The molecule has 1 unspecified atom stereocenters. The van der Waals surface area contributed by atoms with Crippen LogP contribution in [0.25, 0.3) is 11.1 Å². The van der Waals surface area contributed by atoms with E-state index in [9.17, 15) is 22.8 Å². The van der Waals surface area contributed by atoms with Gasteiger partial charge in [0.1, 0.15) is 12.6 Å². The van der Waals surface area contributed by atoms with Gasteiger partial charge in [-0.1, -0.05) is 60.7 Å². The van der Waals surface area contributed by atoms with Crippen molar-refractivity contribution in [2.45, 2.75) is 24.0 Å². The Morgan fingerprint density at radius 1 is 0.886 bits per heavy atom. The van der Waals surface area contributed by atoms with Crippen molar-refractivity contribution >= 4 is 27.7 Å². The van der Waals surface area contributed by atoms with Gasteiger partial charge in [0.15, 0.2) is 9.84 Å². The Morgan fingerprint density at radius 3 is 2.14 bits per heavy atom. The van der Waals surface area contributed by atoms with Crippen molar-refractivity contribution < 1.29 is 32.3 Å². The van der Waals surface area contributed by atoms with Gasteiger partial charge in [-0.05, 0) is 29.3 Å². The van der Waals surface area contributed by atoms with Gasteiger partial charge in [-0.3, -0.25) is 9.59 Å². The van der Waals surface area contributed by atoms with E-state index in [2.05, 4.69) is 5.32 Å². The van der Waals surface area contributed by atoms with E-state index in [1.165, 1.54) is 18.2 Å². The maximum Gasteiger partial charge on any atom is 0.328 e. The predicted molar refractivity (Wildman–Crippen MR) is 129 cm³/mol. The van der Waals surface area contributed by atoms with Crippen LogP contribution >= 0.6 is 0 Å². The second-order valence-corrected chi connectivity index (χ2v) is 9.73. The van der Waals surface area contributed by atoms with Crippen LogP contribution in [0.5, 0.6) is 0 Å². The molecule has 3 aromatic rings. The zero-order valence-corrected chi connectivity index (χ0v) is 20.1. The van der Waals surface area contributed by atoms with Crippen LogP contribution in [0.1, 0.15) is 22.3 Å². The normalized spacial score (nSPS) is 11.8. The predicted octanol–water partition coefficient (Wildman–Crippen LogP) is 3.16. The number of hydrogen-bond donors (Lipinski definition) is 1. The minimum atomic E-state index is -3.45. The van der Waals surface area contributed by atoms with Crippen LogP contribution in [0.4, 0.5) is 0 Å². The first-order chi connectivity index (χ1) is 16.7. The van der Waals surface area contributed by atoms with E-state index in [4.69, 9.17) is 9.47 Å². The SMILES string of the molecule is COC(=O)C(CC(=O)OCc1ccccc1)NC(=O)c1ccc(-c2ccccc2S(C)(=O)=O)cc1. The number of sulfone groups is 1. The number of methoxy groups -OCH3 is 1. The fourth-order valence-electron chi connectivity index (χ4n) is 3.37. The molecule has 0 aliphatic rings. The van der Waals surface area contributed by atoms with Gasteiger partial charge in [0.25, 0.3) is 5.91 Å². The fraction of sp³-hybridized carbons (Fsp3) is 0.192. The molecule has 35 heavy (non-hydrogen) atoms. The molecule has 0 radical (unpaired) electrons. The number of hydrogen-bond acceptors (Lipinski definition) is 7. The Labute approximate surface area is 203 Å². The number of rotatable bonds is 9. The zero-order chi connectivity index (χ0) is 25.4. The molecule has 3 rings (SSSR count). The Hall–Kier alpha value is -3.98. The Kier molecular flexibility index (Phi) is 8.38. The molecule has 1 atom stereocenters. The monoisotopic (exact) mass is 495 g/mol. The summed E-state index contributed by atoms with van der Waals surface area (Å²) in [5.41, 5.74) is 2.13. The molecular weight excluding hydrogens is 470 g/mol. The fourth-order valence-corrected chi connectivity index (χ4v) is 4.28. The van der Waals surface area contributed by atoms with Crippen LogP contribution in [0.15, 0.2) is 83.8 Å². The highest BCUT2D eigenvalue weighted by molar-refractivity contribution is 7.90. The van der Waals surface area contributed by atoms with Gasteiger partial charge in [0.2, 0.25) is 0 Å². The third-order valence-corrected chi connectivity index (χ3v) is 6.30. The average molecular weight is 496 g/mol. The van der Waals surface area contributed by atoms with Crippen LogP contribution in [-0.2, 0) is 35.5 Å². The number of carbonyl (C=O) groups is 3. The van der Waals surface area contributed by atoms with E-state index in [0.717, 1.165) is 18.9 Å². The molecule has 0 aromatic heterocycles. The molecule has 0 saturated carbocycles. The van der Waals surface area contributed by atoms with Crippen LogP contribution in [-0.4, -0.2) is 45.7 Å². The van der Waals surface area contributed by atoms with Crippen LogP contribution in [0.2, 0.25) is 0 Å². The minimum Gasteiger partial charge on any atom is -0.467 e. The van der Waals surface area contributed by atoms with Crippen molar-refractivity contribution in [1.82, 2.24) is 5.32 Å². The van der Waals surface area contributed by atoms with Crippen molar-refractivity contribution in [2.75, 3.05) is 13.4 Å². The smallest absolute Gasteiger partial charge is 0.328 e. The summed E-state index contributed by atoms with van der Waals surface area (Å²) in [5, 5.41) is 2.50. The first-order valence-corrected chi connectivity index (χ1v) is 12.6. The molecule has 182 valence electrons. The van der Waals surface area contributed by atoms with Crippen LogP contribution in [0.3, 0.4) is 0 Å². The van der Waals surface area contributed by atoms with Gasteiger partial charge in [-0.15, -0.1) is 0 Å². The molecule has 1 amide bonds. The molecule has 0 fully saturated rings. The second kappa shape index (κ2) is 11.4. The van der Waals surface area contributed by atoms with E-state index in [1.54, 1.807) is 42.5 Å². The zero-order valence-electron chi connectivity index (χ0n) is 19.3. The molecule has 0 aliphatic heterocycles. The molecule has 0 saturated heterocycles. The molecule has 0 bridgehead atoms. The number of amides is 1. The Morgan fingerprint density at radius 2 is 1.51 bits per heavy atom. The highest BCUT2D eigenvalue weighted by Gasteiger charge is 2.26. The van der Waals surface area contributed by atoms with Gasteiger partial charge in [-0.25, -0.2) is 13.2 Å². The summed E-state index contributed by atoms with van der Waals surface area (Å²) in [6.45, 7) is 0.0396. The van der Waals surface area contributed by atoms with Crippen molar-refractivity contribution in [1.29, 1.82) is 0 Å². The first-order valence-electron chi connectivity index (χ1n) is 10.7. The summed E-state index contributed by atoms with van der Waals surface area (Å²) >= 11 is 0. The van der Waals surface area contributed by atoms with Gasteiger partial charge >= 0.3 is 11.9 Å². The average Bonchev–Trinajstić information content (AvgIpc) is 2.86. The number of carbonyl (C=O) groups excluding carboxylic acids is 3. The maximum absolute atomic E-state index is 12.7. The molecule has 3 aromatic carbocycles. The molecule has 8 nitrogen and oxygen atoms in total. The van der Waals surface area contributed by atoms with E-state index in [0.29, 0.717) is 11.1 Å². The standard InChI is InChI=1S/C26H25NO7S/c1-33-26(30)22(16-24(28)34-17-18-8-4-3-5-9-18)27-25(29)20-14-12-19(13-15-20)21-10-6-7-11-23(21)35(2,31)32/h3-15,22H,16-17H2,1-2H3,(H,27,29). The molecule has 0 heterocycles. The third-order valence-electron chi connectivity index (χ3n) is 5.15.